The van der Waals surface area contributed by atoms with Crippen molar-refractivity contribution in [1.29, 1.82) is 0 Å². The summed E-state index contributed by atoms with van der Waals surface area (Å²) >= 11 is 1.93. The monoisotopic (exact) mass is 252 g/mol. The highest BCUT2D eigenvalue weighted by atomic mass is 32.2. The summed E-state index contributed by atoms with van der Waals surface area (Å²) in [4.78, 5) is 1.30. The molecule has 1 fully saturated rings. The molecule has 0 aromatic heterocycles. The van der Waals surface area contributed by atoms with Crippen LogP contribution in [0.25, 0.3) is 0 Å². The Labute approximate surface area is 107 Å². The lowest BCUT2D eigenvalue weighted by Crippen LogP contribution is -2.17. The zero-order valence-electron chi connectivity index (χ0n) is 10.3. The van der Waals surface area contributed by atoms with Gasteiger partial charge in [-0.15, -0.1) is 11.8 Å². The summed E-state index contributed by atoms with van der Waals surface area (Å²) in [6.07, 6.45) is 2.73. The van der Waals surface area contributed by atoms with Crippen LogP contribution in [0, 0.1) is 0 Å². The van der Waals surface area contributed by atoms with Crippen LogP contribution < -0.4 is 0 Å². The number of hydrogen-bond acceptors (Lipinski definition) is 3. The van der Waals surface area contributed by atoms with Crippen LogP contribution in [0.1, 0.15) is 37.9 Å². The van der Waals surface area contributed by atoms with E-state index in [9.17, 15) is 5.11 Å². The first-order valence-electron chi connectivity index (χ1n) is 6.32. The normalized spacial score (nSPS) is 19.2. The largest absolute Gasteiger partial charge is 0.388 e. The zero-order valence-corrected chi connectivity index (χ0v) is 11.1. The van der Waals surface area contributed by atoms with Gasteiger partial charge in [-0.3, -0.25) is 0 Å². The molecule has 0 radical (unpaired) electrons. The van der Waals surface area contributed by atoms with E-state index < -0.39 is 0 Å². The summed E-state index contributed by atoms with van der Waals surface area (Å²) in [5.74, 6) is 0. The quantitative estimate of drug-likeness (QED) is 0.890. The van der Waals surface area contributed by atoms with E-state index in [2.05, 4.69) is 12.1 Å². The van der Waals surface area contributed by atoms with E-state index in [1.165, 1.54) is 4.90 Å². The molecule has 17 heavy (non-hydrogen) atoms. The molecule has 1 N–H and O–H groups in total. The molecule has 1 aromatic carbocycles. The van der Waals surface area contributed by atoms with Crippen LogP contribution in [0.2, 0.25) is 0 Å². The van der Waals surface area contributed by atoms with Crippen molar-refractivity contribution < 1.29 is 9.84 Å². The van der Waals surface area contributed by atoms with Crippen molar-refractivity contribution in [3.8, 4) is 0 Å². The number of thioether (sulfide) groups is 1. The minimum Gasteiger partial charge on any atom is -0.388 e. The van der Waals surface area contributed by atoms with E-state index in [4.69, 9.17) is 4.74 Å². The van der Waals surface area contributed by atoms with Crippen molar-refractivity contribution in [2.45, 2.75) is 42.4 Å². The third-order valence-corrected chi connectivity index (χ3v) is 4.47. The van der Waals surface area contributed by atoms with Gasteiger partial charge < -0.3 is 9.84 Å². The molecule has 1 aliphatic heterocycles. The highest BCUT2D eigenvalue weighted by molar-refractivity contribution is 8.00. The van der Waals surface area contributed by atoms with Gasteiger partial charge in [0, 0.05) is 23.4 Å². The molecule has 1 atom stereocenters. The number of benzene rings is 1. The number of hydrogen-bond donors (Lipinski definition) is 1. The van der Waals surface area contributed by atoms with Crippen molar-refractivity contribution in [3.05, 3.63) is 29.8 Å². The lowest BCUT2D eigenvalue weighted by Gasteiger charge is -2.21. The SMILES string of the molecule is CCC(O)c1ccc(SC2CCOCC2)cc1. The standard InChI is InChI=1S/C14H20O2S/c1-2-14(15)11-3-5-12(6-4-11)17-13-7-9-16-10-8-13/h3-6,13-15H,2,7-10H2,1H3. The molecule has 0 saturated carbocycles. The zero-order chi connectivity index (χ0) is 12.1. The molecule has 0 spiro atoms. The molecule has 0 bridgehead atoms. The van der Waals surface area contributed by atoms with E-state index in [1.54, 1.807) is 0 Å². The molecule has 0 aliphatic carbocycles. The Bertz CT molecular complexity index is 331. The molecule has 3 heteroatoms. The van der Waals surface area contributed by atoms with E-state index in [-0.39, 0.29) is 6.10 Å². The smallest absolute Gasteiger partial charge is 0.0787 e. The van der Waals surface area contributed by atoms with Crippen LogP contribution in [-0.2, 0) is 4.74 Å². The minimum absolute atomic E-state index is 0.322. The lowest BCUT2D eigenvalue weighted by molar-refractivity contribution is 0.100. The number of ether oxygens (including phenoxy) is 1. The van der Waals surface area contributed by atoms with E-state index in [0.29, 0.717) is 5.25 Å². The number of rotatable bonds is 4. The summed E-state index contributed by atoms with van der Waals surface area (Å²) in [6, 6.07) is 8.31. The van der Waals surface area contributed by atoms with Crippen LogP contribution in [0.4, 0.5) is 0 Å². The molecule has 1 aromatic rings. The predicted octanol–water partition coefficient (Wildman–Crippen LogP) is 3.40. The Morgan fingerprint density at radius 2 is 1.94 bits per heavy atom. The Morgan fingerprint density at radius 3 is 2.53 bits per heavy atom. The van der Waals surface area contributed by atoms with Crippen molar-refractivity contribution in [1.82, 2.24) is 0 Å². The molecule has 1 heterocycles. The van der Waals surface area contributed by atoms with Gasteiger partial charge in [0.25, 0.3) is 0 Å². The van der Waals surface area contributed by atoms with Gasteiger partial charge in [-0.1, -0.05) is 19.1 Å². The van der Waals surface area contributed by atoms with E-state index in [1.807, 2.05) is 30.8 Å². The first kappa shape index (κ1) is 12.9. The van der Waals surface area contributed by atoms with Gasteiger partial charge in [0.1, 0.15) is 0 Å². The first-order chi connectivity index (χ1) is 8.29. The maximum absolute atomic E-state index is 9.72. The summed E-state index contributed by atoms with van der Waals surface area (Å²) < 4.78 is 5.36. The number of aliphatic hydroxyl groups excluding tert-OH is 1. The second-order valence-corrected chi connectivity index (χ2v) is 5.80. The molecule has 94 valence electrons. The minimum atomic E-state index is -0.322. The van der Waals surface area contributed by atoms with E-state index in [0.717, 1.165) is 38.0 Å². The molecule has 0 amide bonds. The van der Waals surface area contributed by atoms with Crippen LogP contribution >= 0.6 is 11.8 Å². The maximum Gasteiger partial charge on any atom is 0.0787 e. The van der Waals surface area contributed by atoms with Crippen molar-refractivity contribution in [3.63, 3.8) is 0 Å². The average Bonchev–Trinajstić information content (AvgIpc) is 2.40. The third kappa shape index (κ3) is 3.73. The van der Waals surface area contributed by atoms with Crippen LogP contribution in [0.15, 0.2) is 29.2 Å². The second-order valence-electron chi connectivity index (χ2n) is 4.42. The third-order valence-electron chi connectivity index (χ3n) is 3.12. The topological polar surface area (TPSA) is 29.5 Å². The second kappa shape index (κ2) is 6.43. The van der Waals surface area contributed by atoms with Gasteiger partial charge >= 0.3 is 0 Å². The fourth-order valence-electron chi connectivity index (χ4n) is 1.99. The molecule has 2 rings (SSSR count). The summed E-state index contributed by atoms with van der Waals surface area (Å²) in [7, 11) is 0. The Kier molecular flexibility index (Phi) is 4.89. The van der Waals surface area contributed by atoms with Crippen LogP contribution in [-0.4, -0.2) is 23.6 Å². The summed E-state index contributed by atoms with van der Waals surface area (Å²) in [5, 5.41) is 10.4. The van der Waals surface area contributed by atoms with Gasteiger partial charge in [0.2, 0.25) is 0 Å². The van der Waals surface area contributed by atoms with Crippen molar-refractivity contribution >= 4 is 11.8 Å². The summed E-state index contributed by atoms with van der Waals surface area (Å²) in [5.41, 5.74) is 1.02. The average molecular weight is 252 g/mol. The summed E-state index contributed by atoms with van der Waals surface area (Å²) in [6.45, 7) is 3.78. The van der Waals surface area contributed by atoms with Gasteiger partial charge in [-0.2, -0.15) is 0 Å². The molecule has 2 nitrogen and oxygen atoms in total. The molecule has 1 saturated heterocycles. The van der Waals surface area contributed by atoms with Gasteiger partial charge in [0.05, 0.1) is 6.10 Å². The van der Waals surface area contributed by atoms with Crippen LogP contribution in [0.3, 0.4) is 0 Å². The fraction of sp³-hybridized carbons (Fsp3) is 0.571. The molecular formula is C14H20O2S. The molecular weight excluding hydrogens is 232 g/mol. The highest BCUT2D eigenvalue weighted by Gasteiger charge is 2.15. The highest BCUT2D eigenvalue weighted by Crippen LogP contribution is 2.30. The maximum atomic E-state index is 9.72. The first-order valence-corrected chi connectivity index (χ1v) is 7.20. The van der Waals surface area contributed by atoms with Crippen LogP contribution in [0.5, 0.6) is 0 Å². The molecule has 1 unspecified atom stereocenters. The van der Waals surface area contributed by atoms with Crippen molar-refractivity contribution in [2.24, 2.45) is 0 Å². The Morgan fingerprint density at radius 1 is 1.29 bits per heavy atom. The van der Waals surface area contributed by atoms with Crippen molar-refractivity contribution in [2.75, 3.05) is 13.2 Å². The number of aliphatic hydroxyl groups is 1. The Hall–Kier alpha value is -0.510. The van der Waals surface area contributed by atoms with E-state index >= 15 is 0 Å². The Balaban J connectivity index is 1.93. The predicted molar refractivity (Wildman–Crippen MR) is 71.4 cm³/mol. The molecule has 1 aliphatic rings. The van der Waals surface area contributed by atoms with Gasteiger partial charge in [0.15, 0.2) is 0 Å². The lowest BCUT2D eigenvalue weighted by atomic mass is 10.1. The van der Waals surface area contributed by atoms with Gasteiger partial charge in [-0.05, 0) is 37.0 Å². The van der Waals surface area contributed by atoms with Gasteiger partial charge in [-0.25, -0.2) is 0 Å². The fourth-order valence-corrected chi connectivity index (χ4v) is 3.10.